The number of guanidine groups is 1. The number of fused-ring (bicyclic) bond motifs is 1. The first-order valence-electron chi connectivity index (χ1n) is 9.80. The molecular weight excluding hydrogens is 484 g/mol. The van der Waals surface area contributed by atoms with Gasteiger partial charge in [-0.1, -0.05) is 19.0 Å². The lowest BCUT2D eigenvalue weighted by Crippen LogP contribution is -2.37. The standard InChI is InChI=1S/C21H28FN5O.HI/c1-4-14(5-2)19-11-17(28-27-19)13-26-21(23-3)24-9-8-15-12-25-20-10-16(22)6-7-18(15)20;/h6-7,10-12,14,25H,4-5,8-9,13H2,1-3H3,(H2,23,24,26);1H. The fourth-order valence-corrected chi connectivity index (χ4v) is 3.38. The predicted molar refractivity (Wildman–Crippen MR) is 125 cm³/mol. The van der Waals surface area contributed by atoms with Gasteiger partial charge in [-0.3, -0.25) is 4.99 Å². The van der Waals surface area contributed by atoms with E-state index in [2.05, 4.69) is 39.6 Å². The van der Waals surface area contributed by atoms with Gasteiger partial charge in [-0.15, -0.1) is 24.0 Å². The first kappa shape index (κ1) is 23.2. The third-order valence-electron chi connectivity index (χ3n) is 5.05. The zero-order chi connectivity index (χ0) is 19.9. The summed E-state index contributed by atoms with van der Waals surface area (Å²) in [6.45, 7) is 5.56. The number of aromatic amines is 1. The molecule has 3 aromatic rings. The SMILES string of the molecule is CCC(CC)c1cc(CNC(=NC)NCCc2c[nH]c3cc(F)ccc23)on1.I. The minimum Gasteiger partial charge on any atom is -0.361 e. The molecule has 158 valence electrons. The van der Waals surface area contributed by atoms with Crippen molar-refractivity contribution in [3.63, 3.8) is 0 Å². The predicted octanol–water partition coefficient (Wildman–Crippen LogP) is 4.72. The Morgan fingerprint density at radius 2 is 2.03 bits per heavy atom. The number of H-pyrrole nitrogens is 1. The van der Waals surface area contributed by atoms with Crippen molar-refractivity contribution in [3.8, 4) is 0 Å². The smallest absolute Gasteiger partial charge is 0.191 e. The van der Waals surface area contributed by atoms with Crippen molar-refractivity contribution < 1.29 is 8.91 Å². The molecule has 6 nitrogen and oxygen atoms in total. The molecular formula is C21H29FIN5O. The Morgan fingerprint density at radius 1 is 1.24 bits per heavy atom. The van der Waals surface area contributed by atoms with Crippen LogP contribution in [0.15, 0.2) is 40.0 Å². The third-order valence-corrected chi connectivity index (χ3v) is 5.05. The second kappa shape index (κ2) is 11.2. The zero-order valence-corrected chi connectivity index (χ0v) is 19.4. The largest absolute Gasteiger partial charge is 0.361 e. The van der Waals surface area contributed by atoms with Crippen LogP contribution in [0.4, 0.5) is 4.39 Å². The number of nitrogens with zero attached hydrogens (tertiary/aromatic N) is 2. The monoisotopic (exact) mass is 513 g/mol. The minimum atomic E-state index is -0.233. The van der Waals surface area contributed by atoms with E-state index in [1.54, 1.807) is 7.05 Å². The fraction of sp³-hybridized carbons (Fsp3) is 0.429. The molecule has 3 N–H and O–H groups in total. The van der Waals surface area contributed by atoms with Crippen LogP contribution in [0.5, 0.6) is 0 Å². The quantitative estimate of drug-likeness (QED) is 0.231. The Kier molecular flexibility index (Phi) is 8.94. The molecule has 0 fully saturated rings. The van der Waals surface area contributed by atoms with Gasteiger partial charge in [-0.2, -0.15) is 0 Å². The van der Waals surface area contributed by atoms with Crippen LogP contribution in [-0.2, 0) is 13.0 Å². The highest BCUT2D eigenvalue weighted by molar-refractivity contribution is 14.0. The molecule has 0 aliphatic heterocycles. The highest BCUT2D eigenvalue weighted by Gasteiger charge is 2.13. The molecule has 0 aliphatic carbocycles. The van der Waals surface area contributed by atoms with E-state index < -0.39 is 0 Å². The highest BCUT2D eigenvalue weighted by atomic mass is 127. The molecule has 0 amide bonds. The summed E-state index contributed by atoms with van der Waals surface area (Å²) < 4.78 is 18.7. The molecule has 8 heteroatoms. The van der Waals surface area contributed by atoms with E-state index in [-0.39, 0.29) is 29.8 Å². The second-order valence-electron chi connectivity index (χ2n) is 6.84. The molecule has 0 saturated carbocycles. The Bertz CT molecular complexity index is 932. The lowest BCUT2D eigenvalue weighted by Gasteiger charge is -2.10. The molecule has 0 spiro atoms. The Labute approximate surface area is 187 Å². The van der Waals surface area contributed by atoms with Gasteiger partial charge in [0.05, 0.1) is 12.2 Å². The van der Waals surface area contributed by atoms with Gasteiger partial charge >= 0.3 is 0 Å². The summed E-state index contributed by atoms with van der Waals surface area (Å²) in [6.07, 6.45) is 4.84. The van der Waals surface area contributed by atoms with Crippen molar-refractivity contribution in [2.75, 3.05) is 13.6 Å². The van der Waals surface area contributed by atoms with E-state index in [1.807, 2.05) is 18.3 Å². The van der Waals surface area contributed by atoms with Crippen molar-refractivity contribution in [2.45, 2.75) is 45.6 Å². The third kappa shape index (κ3) is 5.94. The van der Waals surface area contributed by atoms with Crippen molar-refractivity contribution in [2.24, 2.45) is 4.99 Å². The van der Waals surface area contributed by atoms with E-state index in [1.165, 1.54) is 12.1 Å². The number of hydrogen-bond acceptors (Lipinski definition) is 3. The number of rotatable bonds is 8. The van der Waals surface area contributed by atoms with E-state index in [0.29, 0.717) is 25.0 Å². The summed E-state index contributed by atoms with van der Waals surface area (Å²) in [5.41, 5.74) is 2.97. The van der Waals surface area contributed by atoms with Crippen LogP contribution in [0.2, 0.25) is 0 Å². The number of benzene rings is 1. The summed E-state index contributed by atoms with van der Waals surface area (Å²) in [4.78, 5) is 7.36. The van der Waals surface area contributed by atoms with Crippen LogP contribution in [-0.4, -0.2) is 29.7 Å². The molecule has 2 heterocycles. The molecule has 29 heavy (non-hydrogen) atoms. The van der Waals surface area contributed by atoms with Gasteiger partial charge in [-0.25, -0.2) is 4.39 Å². The molecule has 0 saturated heterocycles. The average Bonchev–Trinajstić information content (AvgIpc) is 3.32. The lowest BCUT2D eigenvalue weighted by atomic mass is 9.99. The van der Waals surface area contributed by atoms with Crippen molar-refractivity contribution >= 4 is 40.8 Å². The molecule has 2 aromatic heterocycles. The van der Waals surface area contributed by atoms with Crippen molar-refractivity contribution in [1.29, 1.82) is 0 Å². The zero-order valence-electron chi connectivity index (χ0n) is 17.1. The fourth-order valence-electron chi connectivity index (χ4n) is 3.38. The normalized spacial score (nSPS) is 11.7. The molecule has 1 aromatic carbocycles. The molecule has 3 rings (SSSR count). The maximum absolute atomic E-state index is 13.3. The summed E-state index contributed by atoms with van der Waals surface area (Å²) >= 11 is 0. The molecule has 0 bridgehead atoms. The van der Waals surface area contributed by atoms with E-state index in [0.717, 1.165) is 47.2 Å². The summed E-state index contributed by atoms with van der Waals surface area (Å²) in [5.74, 6) is 1.71. The first-order chi connectivity index (χ1) is 13.6. The minimum absolute atomic E-state index is 0. The number of halogens is 2. The first-order valence-corrected chi connectivity index (χ1v) is 9.80. The topological polar surface area (TPSA) is 78.2 Å². The average molecular weight is 513 g/mol. The van der Waals surface area contributed by atoms with Crippen LogP contribution in [0.3, 0.4) is 0 Å². The van der Waals surface area contributed by atoms with Gasteiger partial charge < -0.3 is 20.1 Å². The van der Waals surface area contributed by atoms with Crippen LogP contribution in [0.1, 0.15) is 49.6 Å². The van der Waals surface area contributed by atoms with Crippen molar-refractivity contribution in [3.05, 3.63) is 53.3 Å². The maximum Gasteiger partial charge on any atom is 0.191 e. The van der Waals surface area contributed by atoms with Gasteiger partial charge in [0.2, 0.25) is 0 Å². The van der Waals surface area contributed by atoms with Crippen LogP contribution in [0, 0.1) is 5.82 Å². The van der Waals surface area contributed by atoms with Crippen LogP contribution < -0.4 is 10.6 Å². The molecule has 0 radical (unpaired) electrons. The molecule has 0 aliphatic rings. The summed E-state index contributed by atoms with van der Waals surface area (Å²) in [5, 5.41) is 11.8. The van der Waals surface area contributed by atoms with E-state index >= 15 is 0 Å². The van der Waals surface area contributed by atoms with Crippen molar-refractivity contribution in [1.82, 2.24) is 20.8 Å². The van der Waals surface area contributed by atoms with E-state index in [4.69, 9.17) is 4.52 Å². The highest BCUT2D eigenvalue weighted by Crippen LogP contribution is 2.22. The maximum atomic E-state index is 13.3. The summed E-state index contributed by atoms with van der Waals surface area (Å²) in [7, 11) is 1.74. The number of nitrogens with one attached hydrogen (secondary N) is 3. The Hall–Kier alpha value is -2.10. The Morgan fingerprint density at radius 3 is 2.76 bits per heavy atom. The Balaban J connectivity index is 0.00000300. The molecule has 0 unspecified atom stereocenters. The van der Waals surface area contributed by atoms with Gasteiger partial charge in [0.15, 0.2) is 11.7 Å². The van der Waals surface area contributed by atoms with Gasteiger partial charge in [0.25, 0.3) is 0 Å². The van der Waals surface area contributed by atoms with E-state index in [9.17, 15) is 4.39 Å². The number of aliphatic imine (C=N–C) groups is 1. The van der Waals surface area contributed by atoms with Gasteiger partial charge in [0, 0.05) is 42.7 Å². The van der Waals surface area contributed by atoms with Gasteiger partial charge in [-0.05, 0) is 43.0 Å². The van der Waals surface area contributed by atoms with Gasteiger partial charge in [0.1, 0.15) is 5.82 Å². The van der Waals surface area contributed by atoms with Crippen LogP contribution in [0.25, 0.3) is 10.9 Å². The summed E-state index contributed by atoms with van der Waals surface area (Å²) in [6, 6.07) is 6.83. The number of hydrogen-bond donors (Lipinski definition) is 3. The number of aromatic nitrogens is 2. The second-order valence-corrected chi connectivity index (χ2v) is 6.84. The lowest BCUT2D eigenvalue weighted by molar-refractivity contribution is 0.368. The molecule has 0 atom stereocenters. The van der Waals surface area contributed by atoms with Crippen LogP contribution >= 0.6 is 24.0 Å².